The van der Waals surface area contributed by atoms with Gasteiger partial charge in [-0.15, -0.1) is 13.2 Å². The molecule has 0 spiro atoms. The third kappa shape index (κ3) is 1.83. The van der Waals surface area contributed by atoms with Gasteiger partial charge in [0, 0.05) is 0 Å². The second-order valence-electron chi connectivity index (χ2n) is 1.33. The lowest BCUT2D eigenvalue weighted by Gasteiger charge is -1.87. The maximum absolute atomic E-state index is 3.56. The highest BCUT2D eigenvalue weighted by molar-refractivity contribution is 6.14. The predicted molar refractivity (Wildman–Crippen MR) is 32.7 cm³/mol. The summed E-state index contributed by atoms with van der Waals surface area (Å²) in [7, 11) is 2.04. The Morgan fingerprint density at radius 2 is 1.67 bits per heavy atom. The average molecular weight is 79.9 g/mol. The average Bonchev–Trinajstić information content (AvgIpc) is 1.65. The summed E-state index contributed by atoms with van der Waals surface area (Å²) in [6.45, 7) is 7.12. The predicted octanol–water partition coefficient (Wildman–Crippen LogP) is 0.780. The molecule has 0 amide bonds. The summed E-state index contributed by atoms with van der Waals surface area (Å²) < 4.78 is 0. The van der Waals surface area contributed by atoms with Crippen LogP contribution in [0.2, 0.25) is 5.82 Å². The molecule has 0 heterocycles. The largest absolute Gasteiger partial charge is 0.115 e. The van der Waals surface area contributed by atoms with Crippen molar-refractivity contribution in [2.24, 2.45) is 0 Å². The SMILES string of the molecule is BC(C=C)C=C. The molecule has 0 saturated carbocycles. The Morgan fingerprint density at radius 1 is 1.33 bits per heavy atom. The molecule has 0 nitrogen and oxygen atoms in total. The summed E-state index contributed by atoms with van der Waals surface area (Å²) in [6, 6.07) is 0. The summed E-state index contributed by atoms with van der Waals surface area (Å²) >= 11 is 0. The molecular formula is C5H9B. The molecule has 0 unspecified atom stereocenters. The molecule has 0 N–H and O–H groups in total. The smallest absolute Gasteiger partial charge is 0.103 e. The van der Waals surface area contributed by atoms with Crippen molar-refractivity contribution in [1.29, 1.82) is 0 Å². The van der Waals surface area contributed by atoms with Gasteiger partial charge in [-0.25, -0.2) is 0 Å². The Hall–Kier alpha value is -0.455. The van der Waals surface area contributed by atoms with Gasteiger partial charge in [-0.3, -0.25) is 0 Å². The highest BCUT2D eigenvalue weighted by atomic mass is 13.7. The van der Waals surface area contributed by atoms with Crippen LogP contribution >= 0.6 is 0 Å². The first-order valence-electron chi connectivity index (χ1n) is 2.06. The van der Waals surface area contributed by atoms with Crippen LogP contribution in [0.3, 0.4) is 0 Å². The third-order valence-electron chi connectivity index (χ3n) is 0.744. The van der Waals surface area contributed by atoms with Gasteiger partial charge in [0.1, 0.15) is 7.85 Å². The molecule has 0 aromatic carbocycles. The Balaban J connectivity index is 3.21. The Bertz CT molecular complexity index is 49.0. The van der Waals surface area contributed by atoms with Crippen molar-refractivity contribution in [3.63, 3.8) is 0 Å². The van der Waals surface area contributed by atoms with Crippen LogP contribution in [-0.4, -0.2) is 7.85 Å². The zero-order valence-corrected chi connectivity index (χ0v) is 4.15. The van der Waals surface area contributed by atoms with Gasteiger partial charge in [-0.1, -0.05) is 12.2 Å². The molecule has 1 heteroatoms. The van der Waals surface area contributed by atoms with Crippen LogP contribution in [0.5, 0.6) is 0 Å². The van der Waals surface area contributed by atoms with E-state index in [9.17, 15) is 0 Å². The van der Waals surface area contributed by atoms with Crippen LogP contribution in [0.15, 0.2) is 25.3 Å². The van der Waals surface area contributed by atoms with Gasteiger partial charge < -0.3 is 0 Å². The van der Waals surface area contributed by atoms with Gasteiger partial charge in [0.25, 0.3) is 0 Å². The van der Waals surface area contributed by atoms with Crippen molar-refractivity contribution in [1.82, 2.24) is 0 Å². The monoisotopic (exact) mass is 80.1 g/mol. The maximum Gasteiger partial charge on any atom is 0.115 e. The van der Waals surface area contributed by atoms with E-state index in [1.54, 1.807) is 0 Å². The van der Waals surface area contributed by atoms with E-state index in [4.69, 9.17) is 0 Å². The van der Waals surface area contributed by atoms with Crippen LogP contribution in [0.4, 0.5) is 0 Å². The molecule has 0 bridgehead atoms. The summed E-state index contributed by atoms with van der Waals surface area (Å²) in [6.07, 6.45) is 3.71. The van der Waals surface area contributed by atoms with Crippen LogP contribution in [0.25, 0.3) is 0 Å². The zero-order chi connectivity index (χ0) is 4.99. The van der Waals surface area contributed by atoms with Gasteiger partial charge in [-0.2, -0.15) is 0 Å². The van der Waals surface area contributed by atoms with Crippen molar-refractivity contribution in [3.05, 3.63) is 25.3 Å². The fraction of sp³-hybridized carbons (Fsp3) is 0.200. The van der Waals surface area contributed by atoms with E-state index in [0.717, 1.165) is 0 Å². The van der Waals surface area contributed by atoms with Gasteiger partial charge in [0.05, 0.1) is 0 Å². The van der Waals surface area contributed by atoms with Crippen molar-refractivity contribution < 1.29 is 0 Å². The summed E-state index contributed by atoms with van der Waals surface area (Å²) in [5.41, 5.74) is 0. The van der Waals surface area contributed by atoms with E-state index in [2.05, 4.69) is 13.2 Å². The first-order chi connectivity index (χ1) is 2.81. The summed E-state index contributed by atoms with van der Waals surface area (Å²) in [5, 5.41) is 0. The minimum atomic E-state index is 0.463. The van der Waals surface area contributed by atoms with Gasteiger partial charge >= 0.3 is 0 Å². The zero-order valence-electron chi connectivity index (χ0n) is 4.15. The quantitative estimate of drug-likeness (QED) is 0.339. The topological polar surface area (TPSA) is 0 Å². The van der Waals surface area contributed by atoms with E-state index >= 15 is 0 Å². The molecule has 0 radical (unpaired) electrons. The third-order valence-corrected chi connectivity index (χ3v) is 0.744. The lowest BCUT2D eigenvalue weighted by Crippen LogP contribution is -1.74. The fourth-order valence-electron chi connectivity index (χ4n) is 0.0962. The Kier molecular flexibility index (Phi) is 2.56. The van der Waals surface area contributed by atoms with Crippen LogP contribution < -0.4 is 0 Å². The molecule has 0 fully saturated rings. The van der Waals surface area contributed by atoms with Crippen LogP contribution in [-0.2, 0) is 0 Å². The van der Waals surface area contributed by atoms with E-state index in [1.165, 1.54) is 0 Å². The molecule has 0 aliphatic rings. The van der Waals surface area contributed by atoms with Gasteiger partial charge in [0.15, 0.2) is 0 Å². The van der Waals surface area contributed by atoms with Crippen molar-refractivity contribution >= 4 is 7.85 Å². The first-order valence-corrected chi connectivity index (χ1v) is 2.06. The van der Waals surface area contributed by atoms with E-state index in [-0.39, 0.29) is 0 Å². The number of rotatable bonds is 2. The molecule has 0 rings (SSSR count). The minimum Gasteiger partial charge on any atom is -0.103 e. The lowest BCUT2D eigenvalue weighted by atomic mass is 9.88. The molecule has 0 atom stereocenters. The minimum absolute atomic E-state index is 0.463. The van der Waals surface area contributed by atoms with Crippen LogP contribution in [0.1, 0.15) is 0 Å². The van der Waals surface area contributed by atoms with E-state index in [0.29, 0.717) is 5.82 Å². The normalized spacial score (nSPS) is 8.17. The first kappa shape index (κ1) is 5.54. The van der Waals surface area contributed by atoms with Gasteiger partial charge in [-0.05, 0) is 5.82 Å². The van der Waals surface area contributed by atoms with Crippen molar-refractivity contribution in [2.45, 2.75) is 5.82 Å². The highest BCUT2D eigenvalue weighted by Gasteiger charge is 1.79. The highest BCUT2D eigenvalue weighted by Crippen LogP contribution is 1.96. The van der Waals surface area contributed by atoms with Gasteiger partial charge in [0.2, 0.25) is 0 Å². The lowest BCUT2D eigenvalue weighted by molar-refractivity contribution is 1.40. The molecule has 6 heavy (non-hydrogen) atoms. The number of hydrogen-bond donors (Lipinski definition) is 0. The maximum atomic E-state index is 3.56. The standard InChI is InChI=1S/C5H9B/c1-3-5(6)4-2/h3-5H,1-2,6H2. The summed E-state index contributed by atoms with van der Waals surface area (Å²) in [4.78, 5) is 0. The second kappa shape index (κ2) is 2.76. The molecular weight excluding hydrogens is 70.9 g/mol. The van der Waals surface area contributed by atoms with E-state index < -0.39 is 0 Å². The molecule has 0 aromatic heterocycles. The van der Waals surface area contributed by atoms with E-state index in [1.807, 2.05) is 20.0 Å². The van der Waals surface area contributed by atoms with Crippen molar-refractivity contribution in [3.8, 4) is 0 Å². The fourth-order valence-corrected chi connectivity index (χ4v) is 0.0962. The second-order valence-corrected chi connectivity index (χ2v) is 1.33. The molecule has 0 aromatic rings. The summed E-state index contributed by atoms with van der Waals surface area (Å²) in [5.74, 6) is 0.463. The van der Waals surface area contributed by atoms with Crippen LogP contribution in [0, 0.1) is 0 Å². The Morgan fingerprint density at radius 3 is 1.67 bits per heavy atom. The molecule has 0 aliphatic heterocycles. The number of allylic oxidation sites excluding steroid dienone is 2. The molecule has 0 aliphatic carbocycles. The molecule has 0 saturated heterocycles. The Labute approximate surface area is 40.0 Å². The molecule has 32 valence electrons. The number of hydrogen-bond acceptors (Lipinski definition) is 0. The van der Waals surface area contributed by atoms with Crippen molar-refractivity contribution in [2.75, 3.05) is 0 Å².